The standard InChI is InChI=1S/C26H30N6OS/c1-4-22-29-24(23-17(3)31-32(25(23)30-22)20-9-6-5-8-16(20)2)27-18-11-13-19(14-12-18)28-26(33)21-10-7-15-34-21/h5-10,15,18-19H,4,11-14H2,1-3H3,(H,28,33)(H,27,29,30). The average molecular weight is 475 g/mol. The number of hydrogen-bond acceptors (Lipinski definition) is 6. The van der Waals surface area contributed by atoms with Crippen LogP contribution in [0, 0.1) is 13.8 Å². The molecular formula is C26H30N6OS. The second kappa shape index (κ2) is 9.54. The first kappa shape index (κ1) is 22.5. The van der Waals surface area contributed by atoms with Gasteiger partial charge in [0.15, 0.2) is 5.65 Å². The molecule has 7 nitrogen and oxygen atoms in total. The van der Waals surface area contributed by atoms with Crippen LogP contribution in [0.5, 0.6) is 0 Å². The van der Waals surface area contributed by atoms with Crippen LogP contribution < -0.4 is 10.6 Å². The summed E-state index contributed by atoms with van der Waals surface area (Å²) in [5, 5.41) is 14.7. The second-order valence-electron chi connectivity index (χ2n) is 8.97. The van der Waals surface area contributed by atoms with Gasteiger partial charge < -0.3 is 10.6 Å². The molecule has 5 rings (SSSR count). The number of benzene rings is 1. The zero-order valence-corrected chi connectivity index (χ0v) is 20.7. The van der Waals surface area contributed by atoms with Crippen molar-refractivity contribution in [3.8, 4) is 5.69 Å². The second-order valence-corrected chi connectivity index (χ2v) is 9.92. The Labute approximate surface area is 203 Å². The first-order chi connectivity index (χ1) is 16.5. The number of nitrogens with zero attached hydrogens (tertiary/aromatic N) is 4. The molecular weight excluding hydrogens is 444 g/mol. The Morgan fingerprint density at radius 1 is 1.06 bits per heavy atom. The van der Waals surface area contributed by atoms with Crippen molar-refractivity contribution in [1.29, 1.82) is 0 Å². The number of anilines is 1. The maximum absolute atomic E-state index is 12.4. The van der Waals surface area contributed by atoms with Gasteiger partial charge in [-0.05, 0) is 62.6 Å². The van der Waals surface area contributed by atoms with E-state index in [-0.39, 0.29) is 11.9 Å². The largest absolute Gasteiger partial charge is 0.367 e. The van der Waals surface area contributed by atoms with E-state index in [4.69, 9.17) is 15.1 Å². The van der Waals surface area contributed by atoms with Crippen LogP contribution >= 0.6 is 11.3 Å². The van der Waals surface area contributed by atoms with Gasteiger partial charge in [0.1, 0.15) is 11.6 Å². The Bertz CT molecular complexity index is 1300. The molecule has 0 atom stereocenters. The number of nitrogens with one attached hydrogen (secondary N) is 2. The highest BCUT2D eigenvalue weighted by atomic mass is 32.1. The molecule has 2 N–H and O–H groups in total. The lowest BCUT2D eigenvalue weighted by molar-refractivity contribution is 0.0930. The first-order valence-corrected chi connectivity index (χ1v) is 12.8. The Balaban J connectivity index is 1.36. The van der Waals surface area contributed by atoms with Crippen LogP contribution in [0.3, 0.4) is 0 Å². The smallest absolute Gasteiger partial charge is 0.261 e. The monoisotopic (exact) mass is 474 g/mol. The molecule has 4 aromatic rings. The van der Waals surface area contributed by atoms with Gasteiger partial charge in [-0.3, -0.25) is 4.79 Å². The Kier molecular flexibility index (Phi) is 6.32. The van der Waals surface area contributed by atoms with Crippen LogP contribution in [0.25, 0.3) is 16.7 Å². The van der Waals surface area contributed by atoms with Gasteiger partial charge in [-0.25, -0.2) is 14.6 Å². The zero-order chi connectivity index (χ0) is 23.7. The number of rotatable bonds is 6. The number of hydrogen-bond donors (Lipinski definition) is 2. The van der Waals surface area contributed by atoms with Crippen molar-refractivity contribution in [2.75, 3.05) is 5.32 Å². The fourth-order valence-electron chi connectivity index (χ4n) is 4.70. The minimum atomic E-state index is 0.0377. The Morgan fingerprint density at radius 2 is 1.82 bits per heavy atom. The molecule has 8 heteroatoms. The number of carbonyl (C=O) groups excluding carboxylic acids is 1. The topological polar surface area (TPSA) is 84.7 Å². The summed E-state index contributed by atoms with van der Waals surface area (Å²) in [7, 11) is 0. The lowest BCUT2D eigenvalue weighted by Crippen LogP contribution is -2.40. The molecule has 1 aromatic carbocycles. The highest BCUT2D eigenvalue weighted by Crippen LogP contribution is 2.30. The van der Waals surface area contributed by atoms with Gasteiger partial charge in [0.25, 0.3) is 5.91 Å². The molecule has 0 radical (unpaired) electrons. The van der Waals surface area contributed by atoms with Gasteiger partial charge >= 0.3 is 0 Å². The van der Waals surface area contributed by atoms with Gasteiger partial charge in [0, 0.05) is 18.5 Å². The van der Waals surface area contributed by atoms with E-state index in [1.54, 1.807) is 0 Å². The van der Waals surface area contributed by atoms with Crippen molar-refractivity contribution < 1.29 is 4.79 Å². The molecule has 0 aliphatic heterocycles. The summed E-state index contributed by atoms with van der Waals surface area (Å²) < 4.78 is 1.95. The fraction of sp³-hybridized carbons (Fsp3) is 0.385. The molecule has 3 heterocycles. The van der Waals surface area contributed by atoms with Gasteiger partial charge in [-0.15, -0.1) is 11.3 Å². The summed E-state index contributed by atoms with van der Waals surface area (Å²) in [5.41, 5.74) is 3.95. The molecule has 1 aliphatic rings. The van der Waals surface area contributed by atoms with Crippen molar-refractivity contribution in [3.63, 3.8) is 0 Å². The third kappa shape index (κ3) is 4.42. The van der Waals surface area contributed by atoms with Crippen molar-refractivity contribution in [2.45, 2.75) is 65.0 Å². The summed E-state index contributed by atoms with van der Waals surface area (Å²) in [6.45, 7) is 6.19. The van der Waals surface area contributed by atoms with E-state index in [0.29, 0.717) is 6.04 Å². The van der Waals surface area contributed by atoms with E-state index in [1.807, 2.05) is 41.3 Å². The normalized spacial score (nSPS) is 18.2. The van der Waals surface area contributed by atoms with Gasteiger partial charge in [0.2, 0.25) is 0 Å². The van der Waals surface area contributed by atoms with Crippen LogP contribution in [-0.4, -0.2) is 37.7 Å². The number of carbonyl (C=O) groups is 1. The fourth-order valence-corrected chi connectivity index (χ4v) is 5.33. The molecule has 1 fully saturated rings. The van der Waals surface area contributed by atoms with Crippen LogP contribution in [0.2, 0.25) is 0 Å². The van der Waals surface area contributed by atoms with E-state index in [2.05, 4.69) is 36.6 Å². The first-order valence-electron chi connectivity index (χ1n) is 12.0. The minimum absolute atomic E-state index is 0.0377. The third-order valence-corrected chi connectivity index (χ3v) is 7.43. The molecule has 34 heavy (non-hydrogen) atoms. The van der Waals surface area contributed by atoms with E-state index < -0.39 is 0 Å². The lowest BCUT2D eigenvalue weighted by atomic mass is 9.91. The average Bonchev–Trinajstić information content (AvgIpc) is 3.49. The van der Waals surface area contributed by atoms with E-state index in [1.165, 1.54) is 11.3 Å². The highest BCUT2D eigenvalue weighted by molar-refractivity contribution is 7.12. The maximum atomic E-state index is 12.4. The SMILES string of the molecule is CCc1nc(NC2CCC(NC(=O)c3cccs3)CC2)c2c(C)nn(-c3ccccc3C)c2n1. The molecule has 3 aromatic heterocycles. The lowest BCUT2D eigenvalue weighted by Gasteiger charge is -2.30. The van der Waals surface area contributed by atoms with Crippen molar-refractivity contribution in [2.24, 2.45) is 0 Å². The number of fused-ring (bicyclic) bond motifs is 1. The van der Waals surface area contributed by atoms with E-state index in [9.17, 15) is 4.79 Å². The van der Waals surface area contributed by atoms with E-state index in [0.717, 1.165) is 76.6 Å². The predicted molar refractivity (Wildman–Crippen MR) is 137 cm³/mol. The number of thiophene rings is 1. The molecule has 0 bridgehead atoms. The summed E-state index contributed by atoms with van der Waals surface area (Å²) in [5.74, 6) is 1.71. The van der Waals surface area contributed by atoms with Gasteiger partial charge in [0.05, 0.1) is 21.6 Å². The van der Waals surface area contributed by atoms with Gasteiger partial charge in [-0.1, -0.05) is 31.2 Å². The Hall–Kier alpha value is -3.26. The molecule has 0 spiro atoms. The van der Waals surface area contributed by atoms with Crippen LogP contribution in [-0.2, 0) is 6.42 Å². The summed E-state index contributed by atoms with van der Waals surface area (Å²) in [4.78, 5) is 22.9. The number of aromatic nitrogens is 4. The van der Waals surface area contributed by atoms with Crippen LogP contribution in [0.1, 0.15) is 59.4 Å². The summed E-state index contributed by atoms with van der Waals surface area (Å²) >= 11 is 1.48. The minimum Gasteiger partial charge on any atom is -0.367 e. The van der Waals surface area contributed by atoms with Crippen molar-refractivity contribution >= 4 is 34.1 Å². The zero-order valence-electron chi connectivity index (χ0n) is 19.8. The Morgan fingerprint density at radius 3 is 2.53 bits per heavy atom. The van der Waals surface area contributed by atoms with Crippen molar-refractivity contribution in [3.05, 3.63) is 63.7 Å². The van der Waals surface area contributed by atoms with Crippen molar-refractivity contribution in [1.82, 2.24) is 25.1 Å². The molecule has 1 saturated carbocycles. The summed E-state index contributed by atoms with van der Waals surface area (Å²) in [6.07, 6.45) is 4.61. The van der Waals surface area contributed by atoms with Gasteiger partial charge in [-0.2, -0.15) is 5.10 Å². The molecule has 1 amide bonds. The number of para-hydroxylation sites is 1. The van der Waals surface area contributed by atoms with E-state index >= 15 is 0 Å². The molecule has 176 valence electrons. The van der Waals surface area contributed by atoms with Crippen LogP contribution in [0.4, 0.5) is 5.82 Å². The highest BCUT2D eigenvalue weighted by Gasteiger charge is 2.25. The quantitative estimate of drug-likeness (QED) is 0.401. The number of aryl methyl sites for hydroxylation is 3. The molecule has 0 unspecified atom stereocenters. The molecule has 1 aliphatic carbocycles. The maximum Gasteiger partial charge on any atom is 0.261 e. The summed E-state index contributed by atoms with van der Waals surface area (Å²) in [6, 6.07) is 12.5. The predicted octanol–water partition coefficient (Wildman–Crippen LogP) is 5.21. The third-order valence-electron chi connectivity index (χ3n) is 6.56. The molecule has 0 saturated heterocycles. The van der Waals surface area contributed by atoms with Crippen LogP contribution in [0.15, 0.2) is 41.8 Å². The number of amides is 1.